The molecule has 0 aliphatic carbocycles. The van der Waals surface area contributed by atoms with Crippen molar-refractivity contribution in [3.8, 4) is 11.8 Å². The van der Waals surface area contributed by atoms with Crippen molar-refractivity contribution in [1.29, 1.82) is 5.26 Å². The molecule has 1 aliphatic heterocycles. The first-order valence-corrected chi connectivity index (χ1v) is 6.46. The molecule has 18 heavy (non-hydrogen) atoms. The molecule has 1 fully saturated rings. The van der Waals surface area contributed by atoms with E-state index in [-0.39, 0.29) is 12.0 Å². The Morgan fingerprint density at radius 2 is 2.28 bits per heavy atom. The Hall–Kier alpha value is -1.71. The summed E-state index contributed by atoms with van der Waals surface area (Å²) in [6.07, 6.45) is 0. The van der Waals surface area contributed by atoms with Gasteiger partial charge in [0.05, 0.1) is 5.37 Å². The first kappa shape index (κ1) is 12.7. The minimum atomic E-state index is -0.820. The molecule has 1 aromatic rings. The van der Waals surface area contributed by atoms with Crippen LogP contribution in [0.2, 0.25) is 0 Å². The van der Waals surface area contributed by atoms with Crippen molar-refractivity contribution in [2.45, 2.75) is 11.4 Å². The molecule has 6 heteroatoms. The largest absolute Gasteiger partial charge is 0.480 e. The van der Waals surface area contributed by atoms with Crippen LogP contribution in [0.25, 0.3) is 0 Å². The van der Waals surface area contributed by atoms with Crippen molar-refractivity contribution < 1.29 is 14.6 Å². The van der Waals surface area contributed by atoms with Crippen LogP contribution in [0.4, 0.5) is 0 Å². The monoisotopic (exact) mass is 264 g/mol. The SMILES string of the molecule is N#CCOc1ccc([C@@H]2N[C@@H](C(=O)O)CS2)cc1. The van der Waals surface area contributed by atoms with E-state index in [1.54, 1.807) is 23.9 Å². The highest BCUT2D eigenvalue weighted by molar-refractivity contribution is 7.99. The number of benzene rings is 1. The van der Waals surface area contributed by atoms with Gasteiger partial charge in [0, 0.05) is 5.75 Å². The van der Waals surface area contributed by atoms with Gasteiger partial charge in [-0.15, -0.1) is 11.8 Å². The number of carbonyl (C=O) groups is 1. The molecule has 2 rings (SSSR count). The van der Waals surface area contributed by atoms with Gasteiger partial charge in [-0.25, -0.2) is 0 Å². The summed E-state index contributed by atoms with van der Waals surface area (Å²) < 4.78 is 5.15. The second-order valence-corrected chi connectivity index (χ2v) is 4.92. The zero-order valence-electron chi connectivity index (χ0n) is 9.50. The fourth-order valence-electron chi connectivity index (χ4n) is 1.66. The fourth-order valence-corrected chi connectivity index (χ4v) is 2.89. The number of nitriles is 1. The quantitative estimate of drug-likeness (QED) is 0.855. The van der Waals surface area contributed by atoms with Crippen LogP contribution in [0, 0.1) is 11.3 Å². The topological polar surface area (TPSA) is 82.3 Å². The lowest BCUT2D eigenvalue weighted by Gasteiger charge is -2.11. The third-order valence-corrected chi connectivity index (χ3v) is 3.83. The average molecular weight is 264 g/mol. The van der Waals surface area contributed by atoms with E-state index in [4.69, 9.17) is 15.1 Å². The van der Waals surface area contributed by atoms with Gasteiger partial charge >= 0.3 is 5.97 Å². The number of hydrogen-bond acceptors (Lipinski definition) is 5. The molecule has 1 aliphatic rings. The Bertz CT molecular complexity index is 469. The van der Waals surface area contributed by atoms with Crippen LogP contribution in [-0.2, 0) is 4.79 Å². The molecule has 1 saturated heterocycles. The first-order chi connectivity index (χ1) is 8.70. The molecule has 0 spiro atoms. The number of hydrogen-bond donors (Lipinski definition) is 2. The number of carboxylic acid groups (broad SMARTS) is 1. The molecule has 0 amide bonds. The Balaban J connectivity index is 1.98. The summed E-state index contributed by atoms with van der Waals surface area (Å²) >= 11 is 1.57. The Morgan fingerprint density at radius 3 is 2.83 bits per heavy atom. The van der Waals surface area contributed by atoms with Crippen molar-refractivity contribution in [3.63, 3.8) is 0 Å². The van der Waals surface area contributed by atoms with Crippen molar-refractivity contribution >= 4 is 17.7 Å². The molecule has 5 nitrogen and oxygen atoms in total. The van der Waals surface area contributed by atoms with E-state index < -0.39 is 12.0 Å². The van der Waals surface area contributed by atoms with Crippen LogP contribution in [-0.4, -0.2) is 29.5 Å². The molecule has 1 heterocycles. The number of aliphatic carboxylic acids is 1. The van der Waals surface area contributed by atoms with Gasteiger partial charge in [0.1, 0.15) is 17.9 Å². The number of nitrogens with one attached hydrogen (secondary N) is 1. The maximum Gasteiger partial charge on any atom is 0.321 e. The second-order valence-electron chi connectivity index (χ2n) is 3.79. The highest BCUT2D eigenvalue weighted by Gasteiger charge is 2.30. The van der Waals surface area contributed by atoms with Gasteiger partial charge in [0.2, 0.25) is 0 Å². The second kappa shape index (κ2) is 5.76. The van der Waals surface area contributed by atoms with Crippen molar-refractivity contribution in [2.24, 2.45) is 0 Å². The maximum atomic E-state index is 10.8. The van der Waals surface area contributed by atoms with Crippen LogP contribution in [0.3, 0.4) is 0 Å². The van der Waals surface area contributed by atoms with Gasteiger partial charge in [-0.1, -0.05) is 12.1 Å². The molecular weight excluding hydrogens is 252 g/mol. The van der Waals surface area contributed by atoms with Gasteiger partial charge in [-0.2, -0.15) is 5.26 Å². The van der Waals surface area contributed by atoms with E-state index in [1.807, 2.05) is 18.2 Å². The normalized spacial score (nSPS) is 22.4. The average Bonchev–Trinajstić information content (AvgIpc) is 2.87. The molecule has 2 atom stereocenters. The van der Waals surface area contributed by atoms with Gasteiger partial charge in [0.25, 0.3) is 0 Å². The summed E-state index contributed by atoms with van der Waals surface area (Å²) in [6, 6.07) is 8.72. The lowest BCUT2D eigenvalue weighted by molar-refractivity contribution is -0.138. The molecule has 0 saturated carbocycles. The fraction of sp³-hybridized carbons (Fsp3) is 0.333. The Morgan fingerprint density at radius 1 is 1.56 bits per heavy atom. The van der Waals surface area contributed by atoms with Crippen LogP contribution in [0.15, 0.2) is 24.3 Å². The lowest BCUT2D eigenvalue weighted by atomic mass is 10.2. The zero-order valence-corrected chi connectivity index (χ0v) is 10.3. The minimum absolute atomic E-state index is 0.00360. The zero-order chi connectivity index (χ0) is 13.0. The van der Waals surface area contributed by atoms with E-state index in [9.17, 15) is 4.79 Å². The molecule has 0 bridgehead atoms. The molecule has 0 unspecified atom stereocenters. The molecule has 0 radical (unpaired) electrons. The third-order valence-electron chi connectivity index (χ3n) is 2.57. The Labute approximate surface area is 109 Å². The van der Waals surface area contributed by atoms with Gasteiger partial charge < -0.3 is 9.84 Å². The van der Waals surface area contributed by atoms with E-state index >= 15 is 0 Å². The number of nitrogens with zero attached hydrogens (tertiary/aromatic N) is 1. The maximum absolute atomic E-state index is 10.8. The standard InChI is InChI=1S/C12H12N2O3S/c13-5-6-17-9-3-1-8(2-4-9)11-14-10(7-18-11)12(15)16/h1-4,10-11,14H,6-7H2,(H,15,16)/t10-,11-/m1/s1. The van der Waals surface area contributed by atoms with E-state index in [2.05, 4.69) is 5.32 Å². The van der Waals surface area contributed by atoms with Gasteiger partial charge in [-0.3, -0.25) is 10.1 Å². The van der Waals surface area contributed by atoms with Gasteiger partial charge in [-0.05, 0) is 17.7 Å². The summed E-state index contributed by atoms with van der Waals surface area (Å²) in [5.41, 5.74) is 1.01. The summed E-state index contributed by atoms with van der Waals surface area (Å²) in [4.78, 5) is 10.8. The van der Waals surface area contributed by atoms with Crippen molar-refractivity contribution in [3.05, 3.63) is 29.8 Å². The first-order valence-electron chi connectivity index (χ1n) is 5.41. The number of thioether (sulfide) groups is 1. The van der Waals surface area contributed by atoms with Crippen LogP contribution >= 0.6 is 11.8 Å². The number of ether oxygens (including phenoxy) is 1. The number of carboxylic acids is 1. The summed E-state index contributed by atoms with van der Waals surface area (Å²) in [5, 5.41) is 20.3. The highest BCUT2D eigenvalue weighted by atomic mass is 32.2. The smallest absolute Gasteiger partial charge is 0.321 e. The Kier molecular flexibility index (Phi) is 4.07. The van der Waals surface area contributed by atoms with E-state index in [0.29, 0.717) is 11.5 Å². The van der Waals surface area contributed by atoms with Crippen molar-refractivity contribution in [1.82, 2.24) is 5.32 Å². The summed E-state index contributed by atoms with van der Waals surface area (Å²) in [6.45, 7) is 0.0247. The summed E-state index contributed by atoms with van der Waals surface area (Å²) in [7, 11) is 0. The van der Waals surface area contributed by atoms with Crippen LogP contribution in [0.5, 0.6) is 5.75 Å². The van der Waals surface area contributed by atoms with E-state index in [0.717, 1.165) is 5.56 Å². The lowest BCUT2D eigenvalue weighted by Crippen LogP contribution is -2.33. The van der Waals surface area contributed by atoms with Crippen LogP contribution in [0.1, 0.15) is 10.9 Å². The third kappa shape index (κ3) is 2.94. The highest BCUT2D eigenvalue weighted by Crippen LogP contribution is 2.33. The predicted molar refractivity (Wildman–Crippen MR) is 67.3 cm³/mol. The molecule has 94 valence electrons. The predicted octanol–water partition coefficient (Wildman–Crippen LogP) is 1.38. The van der Waals surface area contributed by atoms with Crippen molar-refractivity contribution in [2.75, 3.05) is 12.4 Å². The van der Waals surface area contributed by atoms with Crippen LogP contribution < -0.4 is 10.1 Å². The molecule has 1 aromatic carbocycles. The molecule has 0 aromatic heterocycles. The summed E-state index contributed by atoms with van der Waals surface area (Å²) in [5.74, 6) is 0.379. The van der Waals surface area contributed by atoms with E-state index in [1.165, 1.54) is 0 Å². The van der Waals surface area contributed by atoms with Gasteiger partial charge in [0.15, 0.2) is 6.61 Å². The minimum Gasteiger partial charge on any atom is -0.480 e. The molecule has 2 N–H and O–H groups in total. The molecular formula is C12H12N2O3S. The number of rotatable bonds is 4.